The van der Waals surface area contributed by atoms with Crippen LogP contribution in [0, 0.1) is 0 Å². The second-order valence-electron chi connectivity index (χ2n) is 7.69. The summed E-state index contributed by atoms with van der Waals surface area (Å²) >= 11 is 1.39. The van der Waals surface area contributed by atoms with Gasteiger partial charge in [0.05, 0.1) is 41.2 Å². The Kier molecular flexibility index (Phi) is 7.40. The van der Waals surface area contributed by atoms with Crippen molar-refractivity contribution in [1.29, 1.82) is 0 Å². The first-order valence-corrected chi connectivity index (χ1v) is 12.0. The molecule has 4 aromatic rings. The topological polar surface area (TPSA) is 73.7 Å². The van der Waals surface area contributed by atoms with Gasteiger partial charge < -0.3 is 14.4 Å². The summed E-state index contributed by atoms with van der Waals surface area (Å²) in [5.74, 6) is 0.912. The van der Waals surface area contributed by atoms with Gasteiger partial charge >= 0.3 is 0 Å². The van der Waals surface area contributed by atoms with E-state index in [4.69, 9.17) is 14.5 Å². The number of fused-ring (bicyclic) bond motifs is 1. The number of methoxy groups -OCH3 is 2. The molecule has 2 aromatic heterocycles. The van der Waals surface area contributed by atoms with Gasteiger partial charge in [-0.1, -0.05) is 37.3 Å². The van der Waals surface area contributed by atoms with Crippen LogP contribution in [0.1, 0.15) is 34.9 Å². The molecule has 0 aliphatic carbocycles. The van der Waals surface area contributed by atoms with Crippen LogP contribution >= 0.6 is 11.3 Å². The molecule has 7 nitrogen and oxygen atoms in total. The fraction of sp³-hybridized carbons (Fsp3) is 0.269. The van der Waals surface area contributed by atoms with Gasteiger partial charge in [-0.15, -0.1) is 11.3 Å². The van der Waals surface area contributed by atoms with Gasteiger partial charge in [0, 0.05) is 13.7 Å². The molecule has 0 N–H and O–H groups in total. The lowest BCUT2D eigenvalue weighted by Gasteiger charge is -2.32. The summed E-state index contributed by atoms with van der Waals surface area (Å²) in [6.07, 6.45) is 0.556. The van der Waals surface area contributed by atoms with E-state index in [2.05, 4.69) is 0 Å². The van der Waals surface area contributed by atoms with Crippen LogP contribution in [0.25, 0.3) is 16.6 Å². The summed E-state index contributed by atoms with van der Waals surface area (Å²) in [7, 11) is 3.17. The third-order valence-electron chi connectivity index (χ3n) is 5.72. The lowest BCUT2D eigenvalue weighted by Crippen LogP contribution is -2.40. The zero-order valence-corrected chi connectivity index (χ0v) is 20.2. The zero-order valence-electron chi connectivity index (χ0n) is 19.4. The van der Waals surface area contributed by atoms with Gasteiger partial charge in [0.15, 0.2) is 0 Å². The molecule has 0 radical (unpaired) electrons. The largest absolute Gasteiger partial charge is 0.495 e. The van der Waals surface area contributed by atoms with Crippen molar-refractivity contribution in [2.24, 2.45) is 0 Å². The van der Waals surface area contributed by atoms with Crippen molar-refractivity contribution < 1.29 is 14.3 Å². The van der Waals surface area contributed by atoms with E-state index in [9.17, 15) is 9.59 Å². The van der Waals surface area contributed by atoms with Crippen molar-refractivity contribution in [3.05, 3.63) is 87.1 Å². The molecule has 0 saturated heterocycles. The minimum absolute atomic E-state index is 0.118. The maximum absolute atomic E-state index is 13.8. The van der Waals surface area contributed by atoms with Crippen LogP contribution in [0.5, 0.6) is 5.75 Å². The minimum Gasteiger partial charge on any atom is -0.495 e. The van der Waals surface area contributed by atoms with Crippen LogP contribution < -0.4 is 10.3 Å². The molecule has 1 atom stereocenters. The van der Waals surface area contributed by atoms with E-state index in [-0.39, 0.29) is 11.5 Å². The fourth-order valence-electron chi connectivity index (χ4n) is 4.09. The zero-order chi connectivity index (χ0) is 24.1. The standard InChI is InChI=1S/C26H27N3O4S/c1-4-20(28(15-16-32-2)26(31)23-14-9-17-34-23)24-27-19-11-6-5-10-18(19)25(30)29(24)21-12-7-8-13-22(21)33-3/h5-14,17,20H,4,15-16H2,1-3H3. The van der Waals surface area contributed by atoms with Crippen molar-refractivity contribution in [2.45, 2.75) is 19.4 Å². The molecule has 1 amide bonds. The molecule has 0 fully saturated rings. The Bertz CT molecular complexity index is 1330. The number of thiophene rings is 1. The highest BCUT2D eigenvalue weighted by Gasteiger charge is 2.30. The summed E-state index contributed by atoms with van der Waals surface area (Å²) in [6.45, 7) is 2.71. The molecule has 4 rings (SSSR count). The van der Waals surface area contributed by atoms with Gasteiger partial charge in [0.2, 0.25) is 0 Å². The van der Waals surface area contributed by atoms with E-state index in [1.807, 2.05) is 54.8 Å². The molecule has 0 spiro atoms. The maximum atomic E-state index is 13.8. The van der Waals surface area contributed by atoms with Crippen molar-refractivity contribution >= 4 is 28.1 Å². The average Bonchev–Trinajstić information content (AvgIpc) is 3.41. The third-order valence-corrected chi connectivity index (χ3v) is 6.58. The van der Waals surface area contributed by atoms with Crippen molar-refractivity contribution in [3.8, 4) is 11.4 Å². The Labute approximate surface area is 202 Å². The molecule has 2 aromatic carbocycles. The number of rotatable bonds is 9. The molecule has 0 aliphatic heterocycles. The molecule has 1 unspecified atom stereocenters. The summed E-state index contributed by atoms with van der Waals surface area (Å²) in [4.78, 5) is 34.7. The summed E-state index contributed by atoms with van der Waals surface area (Å²) < 4.78 is 12.5. The number of aromatic nitrogens is 2. The molecule has 2 heterocycles. The van der Waals surface area contributed by atoms with E-state index in [1.165, 1.54) is 11.3 Å². The molecular formula is C26H27N3O4S. The third kappa shape index (κ3) is 4.47. The number of carbonyl (C=O) groups excluding carboxylic acids is 1. The van der Waals surface area contributed by atoms with E-state index in [0.29, 0.717) is 52.6 Å². The number of amides is 1. The fourth-order valence-corrected chi connectivity index (χ4v) is 4.77. The lowest BCUT2D eigenvalue weighted by molar-refractivity contribution is 0.0584. The average molecular weight is 478 g/mol. The van der Waals surface area contributed by atoms with Crippen LogP contribution in [-0.2, 0) is 4.74 Å². The smallest absolute Gasteiger partial charge is 0.266 e. The first kappa shape index (κ1) is 23.7. The van der Waals surface area contributed by atoms with E-state index >= 15 is 0 Å². The highest BCUT2D eigenvalue weighted by molar-refractivity contribution is 7.12. The monoisotopic (exact) mass is 477 g/mol. The van der Waals surface area contributed by atoms with E-state index in [1.54, 1.807) is 41.9 Å². The van der Waals surface area contributed by atoms with E-state index in [0.717, 1.165) is 0 Å². The minimum atomic E-state index is -0.466. The number of benzene rings is 2. The maximum Gasteiger partial charge on any atom is 0.266 e. The Balaban J connectivity index is 1.98. The molecule has 8 heteroatoms. The molecular weight excluding hydrogens is 450 g/mol. The van der Waals surface area contributed by atoms with Crippen molar-refractivity contribution in [3.63, 3.8) is 0 Å². The van der Waals surface area contributed by atoms with Gasteiger partial charge in [0.25, 0.3) is 11.5 Å². The van der Waals surface area contributed by atoms with Gasteiger partial charge in [-0.05, 0) is 42.1 Å². The first-order valence-electron chi connectivity index (χ1n) is 11.1. The van der Waals surface area contributed by atoms with Gasteiger partial charge in [0.1, 0.15) is 11.6 Å². The second-order valence-corrected chi connectivity index (χ2v) is 8.64. The second kappa shape index (κ2) is 10.6. The van der Waals surface area contributed by atoms with Gasteiger partial charge in [-0.25, -0.2) is 4.98 Å². The number of nitrogens with zero attached hydrogens (tertiary/aromatic N) is 3. The van der Waals surface area contributed by atoms with Crippen LogP contribution in [0.4, 0.5) is 0 Å². The molecule has 0 bridgehead atoms. The van der Waals surface area contributed by atoms with Crippen LogP contribution in [0.2, 0.25) is 0 Å². The molecule has 0 saturated carbocycles. The number of para-hydroxylation sites is 3. The molecule has 176 valence electrons. The van der Waals surface area contributed by atoms with Gasteiger partial charge in [-0.2, -0.15) is 0 Å². The van der Waals surface area contributed by atoms with Crippen molar-refractivity contribution in [1.82, 2.24) is 14.5 Å². The highest BCUT2D eigenvalue weighted by Crippen LogP contribution is 2.30. The lowest BCUT2D eigenvalue weighted by atomic mass is 10.1. The summed E-state index contributed by atoms with van der Waals surface area (Å²) in [5.41, 5.74) is 0.957. The van der Waals surface area contributed by atoms with Crippen molar-refractivity contribution in [2.75, 3.05) is 27.4 Å². The highest BCUT2D eigenvalue weighted by atomic mass is 32.1. The Morgan fingerprint density at radius 1 is 1.09 bits per heavy atom. The van der Waals surface area contributed by atoms with Gasteiger partial charge in [-0.3, -0.25) is 14.2 Å². The summed E-state index contributed by atoms with van der Waals surface area (Å²) in [5, 5.41) is 2.38. The predicted molar refractivity (Wildman–Crippen MR) is 134 cm³/mol. The van der Waals surface area contributed by atoms with Crippen LogP contribution in [0.15, 0.2) is 70.8 Å². The number of hydrogen-bond acceptors (Lipinski definition) is 6. The Morgan fingerprint density at radius 2 is 1.85 bits per heavy atom. The normalized spacial score (nSPS) is 12.0. The number of ether oxygens (including phenoxy) is 2. The van der Waals surface area contributed by atoms with Crippen LogP contribution in [-0.4, -0.2) is 47.7 Å². The SMILES string of the molecule is CCC(c1nc2ccccc2c(=O)n1-c1ccccc1OC)N(CCOC)C(=O)c1cccs1. The molecule has 34 heavy (non-hydrogen) atoms. The summed E-state index contributed by atoms with van der Waals surface area (Å²) in [6, 6.07) is 17.8. The quantitative estimate of drug-likeness (QED) is 0.350. The van der Waals surface area contributed by atoms with E-state index < -0.39 is 6.04 Å². The predicted octanol–water partition coefficient (Wildman–Crippen LogP) is 4.70. The van der Waals surface area contributed by atoms with Crippen LogP contribution in [0.3, 0.4) is 0 Å². The molecule has 0 aliphatic rings. The number of hydrogen-bond donors (Lipinski definition) is 0. The Morgan fingerprint density at radius 3 is 2.56 bits per heavy atom. The first-order chi connectivity index (χ1) is 16.6. The Hall–Kier alpha value is -3.49. The number of carbonyl (C=O) groups is 1.